The molecule has 0 radical (unpaired) electrons. The molecule has 5 heteroatoms. The molecule has 0 spiro atoms. The van der Waals surface area contributed by atoms with Gasteiger partial charge in [-0.05, 0) is 77.0 Å². The fraction of sp³-hybridized carbons (Fsp3) is 0.873. The molecule has 68 heavy (non-hydrogen) atoms. The van der Waals surface area contributed by atoms with Crippen molar-refractivity contribution in [3.8, 4) is 0 Å². The maximum Gasteiger partial charge on any atom is 0.306 e. The molecule has 0 aliphatic rings. The van der Waals surface area contributed by atoms with Crippen LogP contribution in [0.3, 0.4) is 0 Å². The zero-order valence-electron chi connectivity index (χ0n) is 46.1. The van der Waals surface area contributed by atoms with Gasteiger partial charge >= 0.3 is 11.9 Å². The lowest BCUT2D eigenvalue weighted by Gasteiger charge is -2.18. The zero-order chi connectivity index (χ0) is 49.2. The number of unbranched alkanes of at least 4 members (excludes halogenated alkanes) is 40. The third-order valence-electron chi connectivity index (χ3n) is 13.6. The van der Waals surface area contributed by atoms with Crippen molar-refractivity contribution in [1.82, 2.24) is 0 Å². The lowest BCUT2D eigenvalue weighted by Crippen LogP contribution is -2.30. The number of carbonyl (C=O) groups is 2. The highest BCUT2D eigenvalue weighted by Crippen LogP contribution is 2.17. The van der Waals surface area contributed by atoms with E-state index in [1.54, 1.807) is 0 Å². The first-order valence-electron chi connectivity index (χ1n) is 30.5. The Balaban J connectivity index is 4.20. The first kappa shape index (κ1) is 66.1. The molecule has 0 aromatic carbocycles. The Morgan fingerprint density at radius 1 is 0.324 bits per heavy atom. The molecule has 0 bridgehead atoms. The minimum absolute atomic E-state index is 0.0884. The van der Waals surface area contributed by atoms with Gasteiger partial charge in [-0.25, -0.2) is 0 Å². The first-order chi connectivity index (χ1) is 33.6. The van der Waals surface area contributed by atoms with Crippen molar-refractivity contribution < 1.29 is 23.8 Å². The smallest absolute Gasteiger partial charge is 0.306 e. The van der Waals surface area contributed by atoms with Crippen LogP contribution in [0.2, 0.25) is 0 Å². The van der Waals surface area contributed by atoms with Crippen molar-refractivity contribution in [3.63, 3.8) is 0 Å². The molecule has 0 fully saturated rings. The third-order valence-corrected chi connectivity index (χ3v) is 13.6. The molecular weight excluding hydrogens is 837 g/mol. The van der Waals surface area contributed by atoms with E-state index in [1.807, 2.05) is 0 Å². The van der Waals surface area contributed by atoms with Crippen LogP contribution in [-0.4, -0.2) is 37.9 Å². The minimum atomic E-state index is -0.534. The monoisotopic (exact) mass is 955 g/mol. The SMILES string of the molecule is CCCCC/C=C\C/C=C\CCCCCCCCCCCC(=O)OCC(COCCCCCCCCCCCC/C=C\CCCCCCCC)OC(=O)CCCCCCCCCCCCCCC. The van der Waals surface area contributed by atoms with Crippen molar-refractivity contribution in [3.05, 3.63) is 36.5 Å². The van der Waals surface area contributed by atoms with Gasteiger partial charge in [-0.15, -0.1) is 0 Å². The summed E-state index contributed by atoms with van der Waals surface area (Å²) < 4.78 is 17.5. The van der Waals surface area contributed by atoms with Crippen molar-refractivity contribution >= 4 is 11.9 Å². The van der Waals surface area contributed by atoms with Gasteiger partial charge in [0.15, 0.2) is 6.10 Å². The van der Waals surface area contributed by atoms with E-state index in [0.29, 0.717) is 26.1 Å². The van der Waals surface area contributed by atoms with E-state index in [2.05, 4.69) is 57.2 Å². The summed E-state index contributed by atoms with van der Waals surface area (Å²) in [6.07, 6.45) is 73.1. The van der Waals surface area contributed by atoms with Crippen LogP contribution in [0.15, 0.2) is 36.5 Å². The molecule has 0 heterocycles. The van der Waals surface area contributed by atoms with E-state index >= 15 is 0 Å². The fourth-order valence-electron chi connectivity index (χ4n) is 9.07. The van der Waals surface area contributed by atoms with Crippen molar-refractivity contribution in [2.45, 2.75) is 335 Å². The summed E-state index contributed by atoms with van der Waals surface area (Å²) in [5.74, 6) is -0.382. The number of ether oxygens (including phenoxy) is 3. The molecule has 0 aliphatic heterocycles. The molecule has 1 atom stereocenters. The quantitative estimate of drug-likeness (QED) is 0.0345. The third kappa shape index (κ3) is 56.7. The summed E-state index contributed by atoms with van der Waals surface area (Å²) >= 11 is 0. The van der Waals surface area contributed by atoms with Gasteiger partial charge < -0.3 is 14.2 Å². The summed E-state index contributed by atoms with van der Waals surface area (Å²) in [6.45, 7) is 7.86. The second-order valence-corrected chi connectivity index (χ2v) is 20.6. The summed E-state index contributed by atoms with van der Waals surface area (Å²) in [7, 11) is 0. The van der Waals surface area contributed by atoms with Gasteiger partial charge in [0.2, 0.25) is 0 Å². The maximum absolute atomic E-state index is 12.9. The van der Waals surface area contributed by atoms with E-state index in [-0.39, 0.29) is 18.5 Å². The van der Waals surface area contributed by atoms with E-state index in [1.165, 1.54) is 257 Å². The van der Waals surface area contributed by atoms with Crippen LogP contribution >= 0.6 is 0 Å². The van der Waals surface area contributed by atoms with Crippen LogP contribution in [0.5, 0.6) is 0 Å². The maximum atomic E-state index is 12.9. The standard InChI is InChI=1S/C63H118O5/c1-4-7-10-13-16-19-22-25-27-29-31-33-35-37-40-43-46-49-52-55-58-66-59-61(68-63(65)57-54-51-48-45-42-38-24-21-18-15-12-9-6-3)60-67-62(64)56-53-50-47-44-41-39-36-34-32-30-28-26-23-20-17-14-11-8-5-2/h17,20,25-28,61H,4-16,18-19,21-24,29-60H2,1-3H3/b20-17-,27-25-,28-26-. The summed E-state index contributed by atoms with van der Waals surface area (Å²) in [5.41, 5.74) is 0. The first-order valence-corrected chi connectivity index (χ1v) is 30.5. The van der Waals surface area contributed by atoms with Crippen LogP contribution in [0, 0.1) is 0 Å². The number of rotatable bonds is 57. The Hall–Kier alpha value is -1.88. The molecule has 0 amide bonds. The largest absolute Gasteiger partial charge is 0.462 e. The Bertz CT molecular complexity index is 1080. The Morgan fingerprint density at radius 2 is 0.618 bits per heavy atom. The molecule has 0 aromatic heterocycles. The Morgan fingerprint density at radius 3 is 1.01 bits per heavy atom. The Kier molecular flexibility index (Phi) is 57.8. The number of allylic oxidation sites excluding steroid dienone is 6. The van der Waals surface area contributed by atoms with Crippen LogP contribution in [-0.2, 0) is 23.8 Å². The normalized spacial score (nSPS) is 12.3. The topological polar surface area (TPSA) is 61.8 Å². The zero-order valence-corrected chi connectivity index (χ0v) is 46.1. The van der Waals surface area contributed by atoms with Gasteiger partial charge in [-0.1, -0.05) is 276 Å². The van der Waals surface area contributed by atoms with E-state index in [4.69, 9.17) is 14.2 Å². The molecule has 400 valence electrons. The van der Waals surface area contributed by atoms with E-state index in [0.717, 1.165) is 38.5 Å². The molecule has 0 saturated carbocycles. The fourth-order valence-corrected chi connectivity index (χ4v) is 9.07. The van der Waals surface area contributed by atoms with Gasteiger partial charge in [-0.3, -0.25) is 9.59 Å². The van der Waals surface area contributed by atoms with Gasteiger partial charge in [0.1, 0.15) is 6.61 Å². The molecule has 0 aromatic rings. The lowest BCUT2D eigenvalue weighted by atomic mass is 10.0. The van der Waals surface area contributed by atoms with E-state index in [9.17, 15) is 9.59 Å². The average Bonchev–Trinajstić information content (AvgIpc) is 3.34. The molecule has 1 unspecified atom stereocenters. The molecule has 0 saturated heterocycles. The van der Waals surface area contributed by atoms with Gasteiger partial charge in [0.05, 0.1) is 6.61 Å². The number of carbonyl (C=O) groups excluding carboxylic acids is 2. The summed E-state index contributed by atoms with van der Waals surface area (Å²) in [5, 5.41) is 0. The van der Waals surface area contributed by atoms with Crippen molar-refractivity contribution in [2.75, 3.05) is 19.8 Å². The van der Waals surface area contributed by atoms with Crippen molar-refractivity contribution in [1.29, 1.82) is 0 Å². The van der Waals surface area contributed by atoms with Crippen LogP contribution in [0.25, 0.3) is 0 Å². The number of hydrogen-bond acceptors (Lipinski definition) is 5. The highest BCUT2D eigenvalue weighted by atomic mass is 16.6. The van der Waals surface area contributed by atoms with Gasteiger partial charge in [0, 0.05) is 19.4 Å². The second-order valence-electron chi connectivity index (χ2n) is 20.6. The lowest BCUT2D eigenvalue weighted by molar-refractivity contribution is -0.163. The summed E-state index contributed by atoms with van der Waals surface area (Å²) in [6, 6.07) is 0. The van der Waals surface area contributed by atoms with E-state index < -0.39 is 6.10 Å². The number of esters is 2. The average molecular weight is 956 g/mol. The predicted octanol–water partition coefficient (Wildman–Crippen LogP) is 20.9. The molecular formula is C63H118O5. The highest BCUT2D eigenvalue weighted by Gasteiger charge is 2.17. The molecule has 0 N–H and O–H groups in total. The van der Waals surface area contributed by atoms with Gasteiger partial charge in [0.25, 0.3) is 0 Å². The summed E-state index contributed by atoms with van der Waals surface area (Å²) in [4.78, 5) is 25.5. The Labute approximate surface area is 425 Å². The highest BCUT2D eigenvalue weighted by molar-refractivity contribution is 5.70. The molecule has 0 rings (SSSR count). The molecule has 0 aliphatic carbocycles. The van der Waals surface area contributed by atoms with Gasteiger partial charge in [-0.2, -0.15) is 0 Å². The number of hydrogen-bond donors (Lipinski definition) is 0. The van der Waals surface area contributed by atoms with Crippen LogP contribution < -0.4 is 0 Å². The minimum Gasteiger partial charge on any atom is -0.462 e. The van der Waals surface area contributed by atoms with Crippen LogP contribution in [0.1, 0.15) is 329 Å². The predicted molar refractivity (Wildman–Crippen MR) is 298 cm³/mol. The van der Waals surface area contributed by atoms with Crippen molar-refractivity contribution in [2.24, 2.45) is 0 Å². The second kappa shape index (κ2) is 59.4. The molecule has 5 nitrogen and oxygen atoms in total. The van der Waals surface area contributed by atoms with Crippen LogP contribution in [0.4, 0.5) is 0 Å².